The maximum atomic E-state index is 10.3. The molecule has 0 saturated carbocycles. The summed E-state index contributed by atoms with van der Waals surface area (Å²) in [5.74, 6) is 0. The molecule has 0 amide bonds. The first-order valence-electron chi connectivity index (χ1n) is 5.93. The van der Waals surface area contributed by atoms with Gasteiger partial charge in [0, 0.05) is 0 Å². The molecule has 1 aliphatic rings. The largest absolute Gasteiger partial charge is 0.387 e. The molecule has 1 saturated heterocycles. The molecular weight excluding hydrogens is 188 g/mol. The standard InChI is InChI=1S/C13H24O2/c1-10(2)6-5-9-13(4,14)12-8-7-11(3)15-12/h6,11-12,14H,5,7-9H2,1-4H3/t11-,12+,13+/m0/s1. The second-order valence-electron chi connectivity index (χ2n) is 5.19. The van der Waals surface area contributed by atoms with Crippen molar-refractivity contribution in [3.05, 3.63) is 11.6 Å². The lowest BCUT2D eigenvalue weighted by molar-refractivity contribution is -0.0930. The highest BCUT2D eigenvalue weighted by molar-refractivity contribution is 4.96. The molecule has 3 atom stereocenters. The zero-order chi connectivity index (χ0) is 11.5. The Labute approximate surface area is 93.3 Å². The minimum absolute atomic E-state index is 0.0260. The molecule has 0 aromatic heterocycles. The van der Waals surface area contributed by atoms with Crippen molar-refractivity contribution in [1.29, 1.82) is 0 Å². The minimum Gasteiger partial charge on any atom is -0.387 e. The number of aliphatic hydroxyl groups is 1. The summed E-state index contributed by atoms with van der Waals surface area (Å²) in [5, 5.41) is 10.3. The zero-order valence-electron chi connectivity index (χ0n) is 10.4. The van der Waals surface area contributed by atoms with E-state index in [1.54, 1.807) is 0 Å². The maximum absolute atomic E-state index is 10.3. The van der Waals surface area contributed by atoms with Crippen LogP contribution in [0.25, 0.3) is 0 Å². The van der Waals surface area contributed by atoms with E-state index in [4.69, 9.17) is 4.74 Å². The maximum Gasteiger partial charge on any atom is 0.0883 e. The fourth-order valence-corrected chi connectivity index (χ4v) is 2.07. The van der Waals surface area contributed by atoms with Crippen LogP contribution in [-0.4, -0.2) is 22.9 Å². The Morgan fingerprint density at radius 1 is 1.47 bits per heavy atom. The van der Waals surface area contributed by atoms with Crippen molar-refractivity contribution in [3.63, 3.8) is 0 Å². The Kier molecular flexibility index (Phi) is 4.35. The molecule has 1 heterocycles. The van der Waals surface area contributed by atoms with Crippen LogP contribution in [0.4, 0.5) is 0 Å². The fourth-order valence-electron chi connectivity index (χ4n) is 2.07. The first-order valence-corrected chi connectivity index (χ1v) is 5.93. The molecule has 1 aliphatic heterocycles. The van der Waals surface area contributed by atoms with Gasteiger partial charge in [-0.1, -0.05) is 11.6 Å². The van der Waals surface area contributed by atoms with Crippen molar-refractivity contribution in [1.82, 2.24) is 0 Å². The van der Waals surface area contributed by atoms with Gasteiger partial charge in [-0.15, -0.1) is 0 Å². The van der Waals surface area contributed by atoms with Crippen LogP contribution < -0.4 is 0 Å². The van der Waals surface area contributed by atoms with Crippen molar-refractivity contribution in [2.75, 3.05) is 0 Å². The summed E-state index contributed by atoms with van der Waals surface area (Å²) in [4.78, 5) is 0. The molecular formula is C13H24O2. The van der Waals surface area contributed by atoms with E-state index in [1.807, 2.05) is 6.92 Å². The summed E-state index contributed by atoms with van der Waals surface area (Å²) in [5.41, 5.74) is 0.642. The van der Waals surface area contributed by atoms with Crippen LogP contribution in [0.2, 0.25) is 0 Å². The molecule has 0 aromatic carbocycles. The summed E-state index contributed by atoms with van der Waals surface area (Å²) in [6, 6.07) is 0. The van der Waals surface area contributed by atoms with Gasteiger partial charge in [-0.05, 0) is 53.4 Å². The van der Waals surface area contributed by atoms with Gasteiger partial charge in [0.2, 0.25) is 0 Å². The van der Waals surface area contributed by atoms with E-state index in [-0.39, 0.29) is 6.10 Å². The van der Waals surface area contributed by atoms with Crippen molar-refractivity contribution < 1.29 is 9.84 Å². The molecule has 0 aromatic rings. The van der Waals surface area contributed by atoms with Crippen LogP contribution in [0.5, 0.6) is 0 Å². The van der Waals surface area contributed by atoms with Crippen LogP contribution in [0, 0.1) is 0 Å². The van der Waals surface area contributed by atoms with Crippen LogP contribution in [0.15, 0.2) is 11.6 Å². The number of allylic oxidation sites excluding steroid dienone is 2. The highest BCUT2D eigenvalue weighted by Gasteiger charge is 2.36. The van der Waals surface area contributed by atoms with Crippen LogP contribution in [-0.2, 0) is 4.74 Å². The number of hydrogen-bond donors (Lipinski definition) is 1. The highest BCUT2D eigenvalue weighted by Crippen LogP contribution is 2.30. The first-order chi connectivity index (χ1) is 6.92. The number of ether oxygens (including phenoxy) is 1. The Balaban J connectivity index is 2.41. The molecule has 2 heteroatoms. The van der Waals surface area contributed by atoms with E-state index in [2.05, 4.69) is 26.8 Å². The van der Waals surface area contributed by atoms with Gasteiger partial charge in [0.25, 0.3) is 0 Å². The second-order valence-corrected chi connectivity index (χ2v) is 5.19. The molecule has 0 spiro atoms. The Morgan fingerprint density at radius 3 is 2.60 bits per heavy atom. The quantitative estimate of drug-likeness (QED) is 0.726. The minimum atomic E-state index is -0.670. The van der Waals surface area contributed by atoms with Gasteiger partial charge in [0.15, 0.2) is 0 Å². The van der Waals surface area contributed by atoms with Gasteiger partial charge >= 0.3 is 0 Å². The second kappa shape index (κ2) is 5.13. The van der Waals surface area contributed by atoms with Crippen LogP contribution in [0.3, 0.4) is 0 Å². The van der Waals surface area contributed by atoms with Crippen molar-refractivity contribution in [3.8, 4) is 0 Å². The summed E-state index contributed by atoms with van der Waals surface area (Å²) >= 11 is 0. The summed E-state index contributed by atoms with van der Waals surface area (Å²) in [6.45, 7) is 8.15. The molecule has 88 valence electrons. The van der Waals surface area contributed by atoms with Gasteiger partial charge in [-0.3, -0.25) is 0 Å². The van der Waals surface area contributed by atoms with E-state index in [1.165, 1.54) is 5.57 Å². The number of hydrogen-bond acceptors (Lipinski definition) is 2. The van der Waals surface area contributed by atoms with Gasteiger partial charge in [0.1, 0.15) is 0 Å². The average Bonchev–Trinajstić information content (AvgIpc) is 2.51. The lowest BCUT2D eigenvalue weighted by Crippen LogP contribution is -2.39. The Bertz CT molecular complexity index is 227. The van der Waals surface area contributed by atoms with E-state index in [0.717, 1.165) is 25.7 Å². The lowest BCUT2D eigenvalue weighted by Gasteiger charge is -2.29. The summed E-state index contributed by atoms with van der Waals surface area (Å²) in [6.07, 6.45) is 6.29. The van der Waals surface area contributed by atoms with Crippen LogP contribution >= 0.6 is 0 Å². The third-order valence-corrected chi connectivity index (χ3v) is 3.13. The third-order valence-electron chi connectivity index (χ3n) is 3.13. The van der Waals surface area contributed by atoms with E-state index in [9.17, 15) is 5.11 Å². The van der Waals surface area contributed by atoms with E-state index >= 15 is 0 Å². The average molecular weight is 212 g/mol. The third kappa shape index (κ3) is 3.96. The lowest BCUT2D eigenvalue weighted by atomic mass is 9.91. The Morgan fingerprint density at radius 2 is 2.13 bits per heavy atom. The zero-order valence-corrected chi connectivity index (χ0v) is 10.4. The topological polar surface area (TPSA) is 29.5 Å². The molecule has 1 fully saturated rings. The molecule has 0 aliphatic carbocycles. The van der Waals surface area contributed by atoms with E-state index < -0.39 is 5.60 Å². The highest BCUT2D eigenvalue weighted by atomic mass is 16.5. The molecule has 0 unspecified atom stereocenters. The van der Waals surface area contributed by atoms with E-state index in [0.29, 0.717) is 6.10 Å². The first kappa shape index (κ1) is 12.7. The van der Waals surface area contributed by atoms with Crippen molar-refractivity contribution in [2.24, 2.45) is 0 Å². The molecule has 0 bridgehead atoms. The van der Waals surface area contributed by atoms with Gasteiger partial charge in [-0.25, -0.2) is 0 Å². The fraction of sp³-hybridized carbons (Fsp3) is 0.846. The molecule has 2 nitrogen and oxygen atoms in total. The van der Waals surface area contributed by atoms with Crippen molar-refractivity contribution >= 4 is 0 Å². The van der Waals surface area contributed by atoms with Gasteiger partial charge in [0.05, 0.1) is 17.8 Å². The molecule has 1 N–H and O–H groups in total. The molecule has 0 radical (unpaired) electrons. The molecule has 15 heavy (non-hydrogen) atoms. The van der Waals surface area contributed by atoms with Crippen molar-refractivity contribution in [2.45, 2.75) is 71.2 Å². The normalized spacial score (nSPS) is 29.9. The Hall–Kier alpha value is -0.340. The number of rotatable bonds is 4. The predicted octanol–water partition coefficient (Wildman–Crippen LogP) is 3.05. The molecule has 1 rings (SSSR count). The van der Waals surface area contributed by atoms with Gasteiger partial charge in [-0.2, -0.15) is 0 Å². The summed E-state index contributed by atoms with van der Waals surface area (Å²) in [7, 11) is 0. The smallest absolute Gasteiger partial charge is 0.0883 e. The monoisotopic (exact) mass is 212 g/mol. The predicted molar refractivity (Wildman–Crippen MR) is 62.9 cm³/mol. The summed E-state index contributed by atoms with van der Waals surface area (Å²) < 4.78 is 5.71. The van der Waals surface area contributed by atoms with Crippen LogP contribution in [0.1, 0.15) is 53.4 Å². The van der Waals surface area contributed by atoms with Gasteiger partial charge < -0.3 is 9.84 Å². The SMILES string of the molecule is CC(C)=CCC[C@@](C)(O)[C@H]1CC[C@H](C)O1.